The van der Waals surface area contributed by atoms with Gasteiger partial charge in [-0.1, -0.05) is 0 Å². The second-order valence-corrected chi connectivity index (χ2v) is 6.21. The number of hydrogen-bond donors (Lipinski definition) is 0. The number of carbonyl (C=O) groups excluding carboxylic acids is 2. The first-order chi connectivity index (χ1) is 13.7. The first kappa shape index (κ1) is 22.3. The standard InChI is InChI=1S/C19H18F2N2O5S/c1-9-14(17(24)26-3)16(15(10(2)23-9)18(25)27-4)12-7-11(22-8-29)5-6-13(12)28-19(20)21/h5-7,14,16,19H,1-4H3/t14?,16-/m0/s1. The third kappa shape index (κ3) is 4.72. The van der Waals surface area contributed by atoms with Crippen LogP contribution in [0.4, 0.5) is 14.5 Å². The summed E-state index contributed by atoms with van der Waals surface area (Å²) >= 11 is 4.60. The molecule has 7 nitrogen and oxygen atoms in total. The fraction of sp³-hybridized carbons (Fsp3) is 0.368. The van der Waals surface area contributed by atoms with Gasteiger partial charge in [-0.15, -0.1) is 0 Å². The third-order valence-electron chi connectivity index (χ3n) is 4.41. The molecule has 0 spiro atoms. The molecule has 0 radical (unpaired) electrons. The maximum absolute atomic E-state index is 13.0. The van der Waals surface area contributed by atoms with Crippen LogP contribution in [0.5, 0.6) is 5.75 Å². The van der Waals surface area contributed by atoms with E-state index >= 15 is 0 Å². The average molecular weight is 424 g/mol. The number of alkyl halides is 2. The maximum Gasteiger partial charge on any atom is 0.387 e. The van der Waals surface area contributed by atoms with Crippen LogP contribution in [-0.4, -0.2) is 43.6 Å². The van der Waals surface area contributed by atoms with Gasteiger partial charge >= 0.3 is 18.6 Å². The van der Waals surface area contributed by atoms with Gasteiger partial charge in [0.25, 0.3) is 0 Å². The minimum atomic E-state index is -3.13. The highest BCUT2D eigenvalue weighted by Gasteiger charge is 2.43. The van der Waals surface area contributed by atoms with Crippen molar-refractivity contribution in [3.05, 3.63) is 35.0 Å². The highest BCUT2D eigenvalue weighted by molar-refractivity contribution is 7.78. The Balaban J connectivity index is 2.84. The van der Waals surface area contributed by atoms with Crippen molar-refractivity contribution < 1.29 is 32.6 Å². The van der Waals surface area contributed by atoms with Gasteiger partial charge in [0.15, 0.2) is 0 Å². The molecule has 2 rings (SSSR count). The van der Waals surface area contributed by atoms with Gasteiger partial charge in [0.05, 0.1) is 30.6 Å². The molecule has 10 heteroatoms. The topological polar surface area (TPSA) is 86.5 Å². The summed E-state index contributed by atoms with van der Waals surface area (Å²) in [7, 11) is 2.35. The van der Waals surface area contributed by atoms with Crippen LogP contribution in [0.3, 0.4) is 0 Å². The number of thiocarbonyl (C=S) groups is 1. The molecule has 29 heavy (non-hydrogen) atoms. The van der Waals surface area contributed by atoms with E-state index in [1.807, 2.05) is 0 Å². The molecule has 0 saturated carbocycles. The number of hydrogen-bond acceptors (Lipinski definition) is 8. The van der Waals surface area contributed by atoms with Crippen LogP contribution in [0, 0.1) is 5.92 Å². The van der Waals surface area contributed by atoms with Gasteiger partial charge in [0, 0.05) is 22.9 Å². The molecule has 1 aliphatic rings. The normalized spacial score (nSPS) is 18.7. The molecule has 154 valence electrons. The summed E-state index contributed by atoms with van der Waals surface area (Å²) in [4.78, 5) is 33.2. The van der Waals surface area contributed by atoms with Crippen molar-refractivity contribution in [3.63, 3.8) is 0 Å². The molecule has 0 aromatic heterocycles. The first-order valence-electron chi connectivity index (χ1n) is 8.33. The zero-order valence-electron chi connectivity index (χ0n) is 16.1. The Morgan fingerprint density at radius 1 is 1.24 bits per heavy atom. The molecule has 0 amide bonds. The summed E-state index contributed by atoms with van der Waals surface area (Å²) in [5.41, 5.74) is 1.05. The Kier molecular flexibility index (Phi) is 7.30. The molecule has 1 heterocycles. The summed E-state index contributed by atoms with van der Waals surface area (Å²) in [6.07, 6.45) is 0. The molecule has 0 bridgehead atoms. The molecule has 0 fully saturated rings. The fourth-order valence-electron chi connectivity index (χ4n) is 3.28. The molecule has 0 N–H and O–H groups in total. The number of aliphatic imine (C=N–C) groups is 2. The van der Waals surface area contributed by atoms with Gasteiger partial charge in [-0.3, -0.25) is 9.79 Å². The number of esters is 2. The highest BCUT2D eigenvalue weighted by atomic mass is 32.1. The Labute approximate surface area is 171 Å². The SMILES string of the molecule is COC(=O)C1=C(C)N=C(C)C(C(=O)OC)[C@@H]1c1cc(N=C=S)ccc1OC(F)F. The Morgan fingerprint density at radius 3 is 2.48 bits per heavy atom. The Morgan fingerprint density at radius 2 is 1.93 bits per heavy atom. The molecule has 2 atom stereocenters. The number of nitrogens with zero attached hydrogens (tertiary/aromatic N) is 2. The van der Waals surface area contributed by atoms with Crippen LogP contribution in [0.25, 0.3) is 0 Å². The first-order valence-corrected chi connectivity index (χ1v) is 8.74. The number of halogens is 2. The van der Waals surface area contributed by atoms with E-state index in [4.69, 9.17) is 9.47 Å². The van der Waals surface area contributed by atoms with E-state index in [0.29, 0.717) is 5.71 Å². The zero-order valence-corrected chi connectivity index (χ0v) is 16.9. The van der Waals surface area contributed by atoms with Gasteiger partial charge in [0.2, 0.25) is 0 Å². The van der Waals surface area contributed by atoms with Crippen LogP contribution in [0.15, 0.2) is 39.5 Å². The number of isothiocyanates is 1. The molecular formula is C19H18F2N2O5S. The van der Waals surface area contributed by atoms with Crippen molar-refractivity contribution in [2.75, 3.05) is 14.2 Å². The van der Waals surface area contributed by atoms with Crippen LogP contribution in [-0.2, 0) is 19.1 Å². The van der Waals surface area contributed by atoms with Crippen LogP contribution in [0.1, 0.15) is 25.3 Å². The van der Waals surface area contributed by atoms with Crippen molar-refractivity contribution in [1.29, 1.82) is 0 Å². The zero-order chi connectivity index (χ0) is 21.7. The van der Waals surface area contributed by atoms with Crippen molar-refractivity contribution in [2.24, 2.45) is 15.9 Å². The summed E-state index contributed by atoms with van der Waals surface area (Å²) < 4.78 is 40.4. The predicted molar refractivity (Wildman–Crippen MR) is 104 cm³/mol. The number of carbonyl (C=O) groups is 2. The summed E-state index contributed by atoms with van der Waals surface area (Å²) in [5, 5.41) is 2.18. The number of rotatable bonds is 6. The minimum absolute atomic E-state index is 0.0242. The van der Waals surface area contributed by atoms with Crippen LogP contribution < -0.4 is 4.74 Å². The number of benzene rings is 1. The van der Waals surface area contributed by atoms with Gasteiger partial charge in [0.1, 0.15) is 11.7 Å². The van der Waals surface area contributed by atoms with Gasteiger partial charge in [-0.2, -0.15) is 13.8 Å². The lowest BCUT2D eigenvalue weighted by Crippen LogP contribution is -2.36. The lowest BCUT2D eigenvalue weighted by Gasteiger charge is -2.32. The van der Waals surface area contributed by atoms with Crippen molar-refractivity contribution in [2.45, 2.75) is 26.4 Å². The summed E-state index contributed by atoms with van der Waals surface area (Å²) in [5.74, 6) is -3.81. The van der Waals surface area contributed by atoms with E-state index in [1.54, 1.807) is 13.8 Å². The van der Waals surface area contributed by atoms with Gasteiger partial charge in [-0.25, -0.2) is 4.79 Å². The Bertz CT molecular complexity index is 939. The second kappa shape index (κ2) is 9.49. The smallest absolute Gasteiger partial charge is 0.387 e. The fourth-order valence-corrected chi connectivity index (χ4v) is 3.39. The van der Waals surface area contributed by atoms with Crippen molar-refractivity contribution in [3.8, 4) is 5.75 Å². The molecule has 1 aromatic rings. The number of ether oxygens (including phenoxy) is 3. The van der Waals surface area contributed by atoms with Crippen LogP contribution >= 0.6 is 12.2 Å². The lowest BCUT2D eigenvalue weighted by molar-refractivity contribution is -0.143. The molecule has 1 aliphatic heterocycles. The van der Waals surface area contributed by atoms with Crippen LogP contribution in [0.2, 0.25) is 0 Å². The molecule has 0 aliphatic carbocycles. The predicted octanol–water partition coefficient (Wildman–Crippen LogP) is 3.82. The monoisotopic (exact) mass is 424 g/mol. The second-order valence-electron chi connectivity index (χ2n) is 6.03. The minimum Gasteiger partial charge on any atom is -0.468 e. The largest absolute Gasteiger partial charge is 0.468 e. The lowest BCUT2D eigenvalue weighted by atomic mass is 9.75. The van der Waals surface area contributed by atoms with Crippen molar-refractivity contribution in [1.82, 2.24) is 0 Å². The summed E-state index contributed by atoms with van der Waals surface area (Å²) in [6, 6.07) is 4.05. The van der Waals surface area contributed by atoms with Gasteiger partial charge < -0.3 is 14.2 Å². The quantitative estimate of drug-likeness (QED) is 0.392. The summed E-state index contributed by atoms with van der Waals surface area (Å²) in [6.45, 7) is 0.0112. The number of allylic oxidation sites excluding steroid dienone is 1. The maximum atomic E-state index is 13.0. The van der Waals surface area contributed by atoms with E-state index < -0.39 is 30.4 Å². The van der Waals surface area contributed by atoms with E-state index in [0.717, 1.165) is 0 Å². The molecular weight excluding hydrogens is 406 g/mol. The molecule has 0 saturated heterocycles. The van der Waals surface area contributed by atoms with Crippen molar-refractivity contribution >= 4 is 40.7 Å². The molecule has 1 aromatic carbocycles. The van der Waals surface area contributed by atoms with E-state index in [2.05, 4.69) is 32.1 Å². The third-order valence-corrected chi connectivity index (χ3v) is 4.50. The van der Waals surface area contributed by atoms with E-state index in [1.165, 1.54) is 32.4 Å². The average Bonchev–Trinajstić information content (AvgIpc) is 2.67. The number of methoxy groups -OCH3 is 2. The molecule has 1 unspecified atom stereocenters. The van der Waals surface area contributed by atoms with Gasteiger partial charge in [-0.05, 0) is 44.3 Å². The Hall–Kier alpha value is -2.97. The highest BCUT2D eigenvalue weighted by Crippen LogP contribution is 2.44. The van der Waals surface area contributed by atoms with E-state index in [-0.39, 0.29) is 28.3 Å². The van der Waals surface area contributed by atoms with E-state index in [9.17, 15) is 18.4 Å².